The van der Waals surface area contributed by atoms with Gasteiger partial charge in [0.1, 0.15) is 0 Å². The van der Waals surface area contributed by atoms with E-state index >= 15 is 0 Å². The first-order valence-corrected chi connectivity index (χ1v) is 7.06. The molecule has 1 unspecified atom stereocenters. The Bertz CT molecular complexity index is 656. The Hall–Kier alpha value is -2.34. The van der Waals surface area contributed by atoms with Crippen LogP contribution in [0.5, 0.6) is 0 Å². The second kappa shape index (κ2) is 7.28. The summed E-state index contributed by atoms with van der Waals surface area (Å²) in [6.07, 6.45) is -4.95. The number of benzene rings is 2. The summed E-state index contributed by atoms with van der Waals surface area (Å²) in [5.41, 5.74) is -0.204. The Morgan fingerprint density at radius 1 is 1.09 bits per heavy atom. The highest BCUT2D eigenvalue weighted by molar-refractivity contribution is 5.94. The van der Waals surface area contributed by atoms with E-state index in [2.05, 4.69) is 5.32 Å². The molecule has 2 aromatic rings. The lowest BCUT2D eigenvalue weighted by Crippen LogP contribution is -2.26. The molecule has 2 aromatic carbocycles. The minimum Gasteiger partial charge on any atom is -0.388 e. The number of hydrogen-bond donors (Lipinski definition) is 2. The van der Waals surface area contributed by atoms with Gasteiger partial charge in [-0.2, -0.15) is 13.2 Å². The van der Waals surface area contributed by atoms with Crippen LogP contribution in [0.4, 0.5) is 13.2 Å². The quantitative estimate of drug-likeness (QED) is 0.884. The van der Waals surface area contributed by atoms with Crippen molar-refractivity contribution in [1.82, 2.24) is 5.32 Å². The Kier molecular flexibility index (Phi) is 5.39. The summed E-state index contributed by atoms with van der Waals surface area (Å²) in [6.45, 7) is 0.158. The molecule has 0 fully saturated rings. The van der Waals surface area contributed by atoms with Crippen molar-refractivity contribution in [2.45, 2.75) is 18.7 Å². The van der Waals surface area contributed by atoms with Crippen LogP contribution in [0.25, 0.3) is 0 Å². The van der Waals surface area contributed by atoms with Gasteiger partial charge < -0.3 is 10.4 Å². The molecule has 2 N–H and O–H groups in total. The van der Waals surface area contributed by atoms with Crippen molar-refractivity contribution < 1.29 is 23.1 Å². The number of halogens is 3. The third-order valence-corrected chi connectivity index (χ3v) is 3.34. The number of carbonyl (C=O) groups is 1. The van der Waals surface area contributed by atoms with Crippen molar-refractivity contribution in [3.63, 3.8) is 0 Å². The zero-order valence-electron chi connectivity index (χ0n) is 12.2. The van der Waals surface area contributed by atoms with Gasteiger partial charge in [0, 0.05) is 12.1 Å². The lowest BCUT2D eigenvalue weighted by molar-refractivity contribution is -0.137. The monoisotopic (exact) mass is 323 g/mol. The maximum Gasteiger partial charge on any atom is 0.416 e. The predicted molar refractivity (Wildman–Crippen MR) is 79.8 cm³/mol. The van der Waals surface area contributed by atoms with E-state index in [0.717, 1.165) is 17.7 Å². The third-order valence-electron chi connectivity index (χ3n) is 3.34. The van der Waals surface area contributed by atoms with Crippen LogP contribution < -0.4 is 5.32 Å². The number of aliphatic hydroxyl groups excluding tert-OH is 1. The lowest BCUT2D eigenvalue weighted by atomic mass is 10.1. The SMILES string of the molecule is O=C(NCCC(O)c1ccccc1)c1cccc(C(F)(F)F)c1. The molecule has 122 valence electrons. The van der Waals surface area contributed by atoms with Gasteiger partial charge >= 0.3 is 6.18 Å². The van der Waals surface area contributed by atoms with Crippen LogP contribution >= 0.6 is 0 Å². The first-order chi connectivity index (χ1) is 10.9. The molecule has 6 heteroatoms. The molecule has 23 heavy (non-hydrogen) atoms. The van der Waals surface area contributed by atoms with Crippen LogP contribution in [0.2, 0.25) is 0 Å². The summed E-state index contributed by atoms with van der Waals surface area (Å²) in [5, 5.41) is 12.5. The molecule has 2 rings (SSSR count). The average molecular weight is 323 g/mol. The van der Waals surface area contributed by atoms with Gasteiger partial charge in [0.05, 0.1) is 11.7 Å². The predicted octanol–water partition coefficient (Wildman–Crippen LogP) is 3.56. The summed E-state index contributed by atoms with van der Waals surface area (Å²) in [7, 11) is 0. The van der Waals surface area contributed by atoms with Gasteiger partial charge in [-0.25, -0.2) is 0 Å². The highest BCUT2D eigenvalue weighted by Gasteiger charge is 2.30. The van der Waals surface area contributed by atoms with Gasteiger partial charge in [-0.05, 0) is 30.2 Å². The van der Waals surface area contributed by atoms with Crippen LogP contribution in [0.1, 0.15) is 34.0 Å². The number of aliphatic hydroxyl groups is 1. The van der Waals surface area contributed by atoms with Crippen LogP contribution in [-0.2, 0) is 6.18 Å². The zero-order chi connectivity index (χ0) is 16.9. The lowest BCUT2D eigenvalue weighted by Gasteiger charge is -2.12. The van der Waals surface area contributed by atoms with Crippen LogP contribution in [0.15, 0.2) is 54.6 Å². The smallest absolute Gasteiger partial charge is 0.388 e. The Labute approximate surface area is 131 Å². The van der Waals surface area contributed by atoms with E-state index in [4.69, 9.17) is 0 Å². The van der Waals surface area contributed by atoms with Gasteiger partial charge in [-0.15, -0.1) is 0 Å². The minimum atomic E-state index is -4.49. The molecule has 0 saturated heterocycles. The summed E-state index contributed by atoms with van der Waals surface area (Å²) in [5.74, 6) is -0.601. The number of amides is 1. The van der Waals surface area contributed by atoms with Crippen molar-refractivity contribution in [3.8, 4) is 0 Å². The van der Waals surface area contributed by atoms with E-state index in [1.807, 2.05) is 6.07 Å². The molecule has 0 heterocycles. The number of rotatable bonds is 5. The van der Waals surface area contributed by atoms with E-state index in [0.29, 0.717) is 0 Å². The van der Waals surface area contributed by atoms with Crippen molar-refractivity contribution in [2.24, 2.45) is 0 Å². The first-order valence-electron chi connectivity index (χ1n) is 7.06. The molecule has 0 aliphatic rings. The molecule has 0 bridgehead atoms. The number of alkyl halides is 3. The summed E-state index contributed by atoms with van der Waals surface area (Å²) >= 11 is 0. The average Bonchev–Trinajstić information content (AvgIpc) is 2.54. The van der Waals surface area contributed by atoms with E-state index in [9.17, 15) is 23.1 Å². The zero-order valence-corrected chi connectivity index (χ0v) is 12.2. The molecular formula is C17H16F3NO2. The van der Waals surface area contributed by atoms with Crippen molar-refractivity contribution >= 4 is 5.91 Å². The summed E-state index contributed by atoms with van der Waals surface area (Å²) < 4.78 is 37.8. The van der Waals surface area contributed by atoms with E-state index < -0.39 is 23.8 Å². The van der Waals surface area contributed by atoms with Crippen LogP contribution in [0, 0.1) is 0 Å². The second-order valence-electron chi connectivity index (χ2n) is 5.05. The number of nitrogens with one attached hydrogen (secondary N) is 1. The molecule has 0 saturated carbocycles. The van der Waals surface area contributed by atoms with Crippen molar-refractivity contribution in [3.05, 3.63) is 71.3 Å². The standard InChI is InChI=1S/C17H16F3NO2/c18-17(19,20)14-8-4-7-13(11-14)16(23)21-10-9-15(22)12-5-2-1-3-6-12/h1-8,11,15,22H,9-10H2,(H,21,23). The molecule has 0 aromatic heterocycles. The first kappa shape index (κ1) is 17.0. The topological polar surface area (TPSA) is 49.3 Å². The van der Waals surface area contributed by atoms with Gasteiger partial charge in [-0.1, -0.05) is 36.4 Å². The summed E-state index contributed by atoms with van der Waals surface area (Å²) in [6, 6.07) is 13.2. The molecule has 0 spiro atoms. The van der Waals surface area contributed by atoms with Crippen LogP contribution in [0.3, 0.4) is 0 Å². The fraction of sp³-hybridized carbons (Fsp3) is 0.235. The Morgan fingerprint density at radius 2 is 1.78 bits per heavy atom. The van der Waals surface area contributed by atoms with Gasteiger partial charge in [-0.3, -0.25) is 4.79 Å². The molecule has 0 aliphatic heterocycles. The maximum atomic E-state index is 12.6. The van der Waals surface area contributed by atoms with Crippen molar-refractivity contribution in [1.29, 1.82) is 0 Å². The van der Waals surface area contributed by atoms with Gasteiger partial charge in [0.25, 0.3) is 5.91 Å². The van der Waals surface area contributed by atoms with Crippen LogP contribution in [-0.4, -0.2) is 17.6 Å². The van der Waals surface area contributed by atoms with Gasteiger partial charge in [0.2, 0.25) is 0 Å². The molecule has 0 radical (unpaired) electrons. The fourth-order valence-corrected chi connectivity index (χ4v) is 2.10. The molecule has 0 aliphatic carbocycles. The molecule has 1 amide bonds. The largest absolute Gasteiger partial charge is 0.416 e. The Morgan fingerprint density at radius 3 is 2.43 bits per heavy atom. The second-order valence-corrected chi connectivity index (χ2v) is 5.05. The number of carbonyl (C=O) groups excluding carboxylic acids is 1. The van der Waals surface area contributed by atoms with E-state index in [1.165, 1.54) is 12.1 Å². The number of hydrogen-bond acceptors (Lipinski definition) is 2. The minimum absolute atomic E-state index is 0.0611. The molecular weight excluding hydrogens is 307 g/mol. The van der Waals surface area contributed by atoms with Crippen molar-refractivity contribution in [2.75, 3.05) is 6.54 Å². The normalized spacial score (nSPS) is 12.7. The highest BCUT2D eigenvalue weighted by Crippen LogP contribution is 2.29. The highest BCUT2D eigenvalue weighted by atomic mass is 19.4. The summed E-state index contributed by atoms with van der Waals surface area (Å²) in [4.78, 5) is 11.9. The maximum absolute atomic E-state index is 12.6. The van der Waals surface area contributed by atoms with E-state index in [1.54, 1.807) is 24.3 Å². The fourth-order valence-electron chi connectivity index (χ4n) is 2.10. The molecule has 1 atom stereocenters. The van der Waals surface area contributed by atoms with E-state index in [-0.39, 0.29) is 18.5 Å². The Balaban J connectivity index is 1.90. The van der Waals surface area contributed by atoms with Gasteiger partial charge in [0.15, 0.2) is 0 Å². The molecule has 3 nitrogen and oxygen atoms in total. The third kappa shape index (κ3) is 4.82.